The van der Waals surface area contributed by atoms with Crippen LogP contribution in [0.15, 0.2) is 29.2 Å². The maximum Gasteiger partial charge on any atom is 0.453 e. The Labute approximate surface area is 131 Å². The van der Waals surface area contributed by atoms with Crippen molar-refractivity contribution in [2.75, 3.05) is 5.32 Å². The van der Waals surface area contributed by atoms with Gasteiger partial charge in [-0.05, 0) is 12.1 Å². The third kappa shape index (κ3) is 3.69. The first-order valence-electron chi connectivity index (χ1n) is 6.50. The van der Waals surface area contributed by atoms with Crippen LogP contribution >= 0.6 is 0 Å². The summed E-state index contributed by atoms with van der Waals surface area (Å²) in [6.45, 7) is 3.19. The molecule has 0 bridgehead atoms. The average Bonchev–Trinajstić information content (AvgIpc) is 2.86. The van der Waals surface area contributed by atoms with Gasteiger partial charge < -0.3 is 9.73 Å². The summed E-state index contributed by atoms with van der Waals surface area (Å²) in [5.74, 6) is -6.87. The van der Waals surface area contributed by atoms with Crippen molar-refractivity contribution in [3.05, 3.63) is 36.5 Å². The lowest BCUT2D eigenvalue weighted by Crippen LogP contribution is -2.36. The van der Waals surface area contributed by atoms with Crippen LogP contribution in [0.25, 0.3) is 11.1 Å². The summed E-state index contributed by atoms with van der Waals surface area (Å²) >= 11 is 0. The molecule has 0 aliphatic heterocycles. The number of amides is 1. The Morgan fingerprint density at radius 3 is 2.54 bits per heavy atom. The van der Waals surface area contributed by atoms with E-state index in [1.165, 1.54) is 0 Å². The van der Waals surface area contributed by atoms with Gasteiger partial charge in [0.25, 0.3) is 0 Å². The lowest BCUT2D eigenvalue weighted by atomic mass is 10.2. The highest BCUT2D eigenvalue weighted by Crippen LogP contribution is 2.39. The number of fused-ring (bicyclic) bond motifs is 1. The van der Waals surface area contributed by atoms with Crippen molar-refractivity contribution in [2.24, 2.45) is 0 Å². The largest absolute Gasteiger partial charge is 0.453 e. The third-order valence-corrected chi connectivity index (χ3v) is 3.03. The summed E-state index contributed by atoms with van der Waals surface area (Å²) in [5.41, 5.74) is -0.400. The van der Waals surface area contributed by atoms with E-state index in [0.717, 1.165) is 18.2 Å². The molecule has 24 heavy (non-hydrogen) atoms. The van der Waals surface area contributed by atoms with E-state index < -0.39 is 42.6 Å². The summed E-state index contributed by atoms with van der Waals surface area (Å²) in [7, 11) is 0. The molecular formula is C14H10F6N2O2. The molecule has 130 valence electrons. The number of oxazole rings is 1. The van der Waals surface area contributed by atoms with Gasteiger partial charge in [-0.15, -0.1) is 0 Å². The topological polar surface area (TPSA) is 55.1 Å². The molecule has 0 fully saturated rings. The van der Waals surface area contributed by atoms with Gasteiger partial charge >= 0.3 is 12.1 Å². The summed E-state index contributed by atoms with van der Waals surface area (Å²) in [5, 5.41) is 2.16. The standard InChI is InChI=1S/C14H10F6N2O2/c1-2-11(23)21-8-6-9-10(5-7(8)15)24-12(22-9)3-4-13(16,17)14(18,19)20/h2,5-6H,1,3-4H2,(H,21,23). The molecule has 4 nitrogen and oxygen atoms in total. The number of alkyl halides is 5. The number of carbonyl (C=O) groups is 1. The van der Waals surface area contributed by atoms with E-state index in [1.807, 2.05) is 0 Å². The van der Waals surface area contributed by atoms with Crippen LogP contribution in [0, 0.1) is 5.82 Å². The van der Waals surface area contributed by atoms with Crippen molar-refractivity contribution in [3.8, 4) is 0 Å². The number of benzene rings is 1. The lowest BCUT2D eigenvalue weighted by Gasteiger charge is -2.18. The molecule has 1 aromatic heterocycles. The molecular weight excluding hydrogens is 342 g/mol. The van der Waals surface area contributed by atoms with Gasteiger partial charge in [0.15, 0.2) is 17.3 Å². The summed E-state index contributed by atoms with van der Waals surface area (Å²) in [4.78, 5) is 14.9. The summed E-state index contributed by atoms with van der Waals surface area (Å²) < 4.78 is 80.8. The van der Waals surface area contributed by atoms with Gasteiger partial charge in [0.05, 0.1) is 5.69 Å². The minimum atomic E-state index is -5.67. The number of hydrogen-bond acceptors (Lipinski definition) is 3. The van der Waals surface area contributed by atoms with E-state index in [9.17, 15) is 31.1 Å². The lowest BCUT2D eigenvalue weighted by molar-refractivity contribution is -0.284. The van der Waals surface area contributed by atoms with E-state index in [2.05, 4.69) is 16.9 Å². The first-order chi connectivity index (χ1) is 11.0. The molecule has 1 N–H and O–H groups in total. The fourth-order valence-electron chi connectivity index (χ4n) is 1.79. The van der Waals surface area contributed by atoms with Gasteiger partial charge in [0.2, 0.25) is 5.91 Å². The number of anilines is 1. The van der Waals surface area contributed by atoms with E-state index in [-0.39, 0.29) is 16.8 Å². The zero-order chi connectivity index (χ0) is 18.1. The zero-order valence-electron chi connectivity index (χ0n) is 11.9. The van der Waals surface area contributed by atoms with Crippen LogP contribution in [-0.2, 0) is 11.2 Å². The van der Waals surface area contributed by atoms with E-state index in [4.69, 9.17) is 4.42 Å². The predicted molar refractivity (Wildman–Crippen MR) is 72.1 cm³/mol. The van der Waals surface area contributed by atoms with Crippen LogP contribution in [0.1, 0.15) is 12.3 Å². The van der Waals surface area contributed by atoms with Crippen molar-refractivity contribution in [2.45, 2.75) is 24.9 Å². The van der Waals surface area contributed by atoms with E-state index >= 15 is 0 Å². The van der Waals surface area contributed by atoms with E-state index in [1.54, 1.807) is 0 Å². The molecule has 10 heteroatoms. The average molecular weight is 352 g/mol. The number of halogens is 6. The predicted octanol–water partition coefficient (Wildman–Crippen LogP) is 4.22. The number of carbonyl (C=O) groups excluding carboxylic acids is 1. The molecule has 1 aromatic carbocycles. The van der Waals surface area contributed by atoms with Crippen LogP contribution in [-0.4, -0.2) is 23.0 Å². The van der Waals surface area contributed by atoms with Crippen LogP contribution in [0.2, 0.25) is 0 Å². The van der Waals surface area contributed by atoms with Crippen molar-refractivity contribution in [1.29, 1.82) is 0 Å². The quantitative estimate of drug-likeness (QED) is 0.647. The van der Waals surface area contributed by atoms with Crippen LogP contribution in [0.5, 0.6) is 0 Å². The monoisotopic (exact) mass is 352 g/mol. The van der Waals surface area contributed by atoms with Gasteiger partial charge in [-0.3, -0.25) is 4.79 Å². The summed E-state index contributed by atoms with van der Waals surface area (Å²) in [6, 6.07) is 1.91. The summed E-state index contributed by atoms with van der Waals surface area (Å²) in [6.07, 6.45) is -7.12. The minimum absolute atomic E-state index is 0.00101. The van der Waals surface area contributed by atoms with Gasteiger partial charge in [0.1, 0.15) is 5.52 Å². The molecule has 2 aromatic rings. The highest BCUT2D eigenvalue weighted by molar-refractivity contribution is 6.00. The number of nitrogens with one attached hydrogen (secondary N) is 1. The Bertz CT molecular complexity index is 781. The molecule has 1 amide bonds. The highest BCUT2D eigenvalue weighted by atomic mass is 19.4. The zero-order valence-corrected chi connectivity index (χ0v) is 11.9. The molecule has 2 rings (SSSR count). The number of rotatable bonds is 5. The molecule has 0 aliphatic carbocycles. The third-order valence-electron chi connectivity index (χ3n) is 3.03. The van der Waals surface area contributed by atoms with Crippen LogP contribution in [0.4, 0.5) is 32.0 Å². The molecule has 1 heterocycles. The second kappa shape index (κ2) is 6.17. The molecule has 0 spiro atoms. The Morgan fingerprint density at radius 1 is 1.29 bits per heavy atom. The minimum Gasteiger partial charge on any atom is -0.441 e. The molecule has 0 radical (unpaired) electrons. The first-order valence-corrected chi connectivity index (χ1v) is 6.50. The number of hydrogen-bond donors (Lipinski definition) is 1. The van der Waals surface area contributed by atoms with Crippen molar-refractivity contribution in [3.63, 3.8) is 0 Å². The highest BCUT2D eigenvalue weighted by Gasteiger charge is 2.56. The molecule has 0 saturated heterocycles. The SMILES string of the molecule is C=CC(=O)Nc1cc2nc(CCC(F)(F)C(F)(F)F)oc2cc1F. The maximum atomic E-state index is 13.8. The van der Waals surface area contributed by atoms with Crippen LogP contribution in [0.3, 0.4) is 0 Å². The molecule has 0 saturated carbocycles. The maximum absolute atomic E-state index is 13.8. The van der Waals surface area contributed by atoms with E-state index in [0.29, 0.717) is 0 Å². The smallest absolute Gasteiger partial charge is 0.441 e. The first kappa shape index (κ1) is 17.8. The Kier molecular flexibility index (Phi) is 4.59. The van der Waals surface area contributed by atoms with Crippen molar-refractivity contribution < 1.29 is 35.6 Å². The van der Waals surface area contributed by atoms with Crippen LogP contribution < -0.4 is 5.32 Å². The van der Waals surface area contributed by atoms with Gasteiger partial charge in [-0.25, -0.2) is 9.37 Å². The Balaban J connectivity index is 2.22. The number of aromatic nitrogens is 1. The van der Waals surface area contributed by atoms with Gasteiger partial charge in [0, 0.05) is 18.9 Å². The molecule has 0 unspecified atom stereocenters. The van der Waals surface area contributed by atoms with Crippen molar-refractivity contribution in [1.82, 2.24) is 4.98 Å². The fraction of sp³-hybridized carbons (Fsp3) is 0.286. The molecule has 0 atom stereocenters. The second-order valence-corrected chi connectivity index (χ2v) is 4.80. The second-order valence-electron chi connectivity index (χ2n) is 4.80. The fourth-order valence-corrected chi connectivity index (χ4v) is 1.79. The number of nitrogens with zero attached hydrogens (tertiary/aromatic N) is 1. The van der Waals surface area contributed by atoms with Crippen molar-refractivity contribution >= 4 is 22.7 Å². The Morgan fingerprint density at radius 2 is 1.96 bits per heavy atom. The van der Waals surface area contributed by atoms with Gasteiger partial charge in [-0.2, -0.15) is 22.0 Å². The van der Waals surface area contributed by atoms with Gasteiger partial charge in [-0.1, -0.05) is 6.58 Å². The Hall–Kier alpha value is -2.52. The normalized spacial score (nSPS) is 12.4. The molecule has 0 aliphatic rings. The number of aryl methyl sites for hydroxylation is 1.